The molecular weight excluding hydrogens is 148 g/mol. The number of aliphatic carboxylic acids is 2. The number of hydrogen-bond acceptors (Lipinski definition) is 2. The van der Waals surface area contributed by atoms with Gasteiger partial charge in [0.05, 0.1) is 0 Å². The Bertz CT molecular complexity index is 225. The van der Waals surface area contributed by atoms with Crippen molar-refractivity contribution in [1.82, 2.24) is 0 Å². The van der Waals surface area contributed by atoms with Crippen LogP contribution < -0.4 is 0 Å². The summed E-state index contributed by atoms with van der Waals surface area (Å²) >= 11 is 0. The third-order valence-corrected chi connectivity index (χ3v) is 0.840. The molecule has 0 rings (SSSR count). The molecule has 4 heteroatoms. The van der Waals surface area contributed by atoms with Gasteiger partial charge in [-0.1, -0.05) is 6.08 Å². The molecule has 60 valence electrons. The second-order valence-corrected chi connectivity index (χ2v) is 1.90. The summed E-state index contributed by atoms with van der Waals surface area (Å²) in [5.41, 5.74) is 0.389. The molecule has 0 amide bonds. The number of allylic oxidation sites excluding steroid dienone is 2. The molecule has 0 radical (unpaired) electrons. The highest BCUT2D eigenvalue weighted by atomic mass is 16.4. The molecule has 0 aliphatic rings. The third kappa shape index (κ3) is 6.30. The lowest BCUT2D eigenvalue weighted by atomic mass is 10.2. The Morgan fingerprint density at radius 3 is 2.00 bits per heavy atom. The lowest BCUT2D eigenvalue weighted by Crippen LogP contribution is -1.90. The van der Waals surface area contributed by atoms with Crippen LogP contribution in [0.5, 0.6) is 0 Å². The molecule has 0 aliphatic heterocycles. The molecule has 0 fully saturated rings. The van der Waals surface area contributed by atoms with Gasteiger partial charge in [-0.25, -0.2) is 9.59 Å². The van der Waals surface area contributed by atoms with Crippen molar-refractivity contribution in [2.24, 2.45) is 0 Å². The molecule has 11 heavy (non-hydrogen) atoms. The van der Waals surface area contributed by atoms with Crippen LogP contribution in [0.4, 0.5) is 0 Å². The first-order valence-corrected chi connectivity index (χ1v) is 2.84. The Kier molecular flexibility index (Phi) is 3.66. The zero-order chi connectivity index (χ0) is 8.85. The Morgan fingerprint density at radius 1 is 1.09 bits per heavy atom. The molecule has 0 aromatic rings. The van der Waals surface area contributed by atoms with Crippen molar-refractivity contribution in [3.05, 3.63) is 23.8 Å². The predicted molar refractivity (Wildman–Crippen MR) is 38.2 cm³/mol. The smallest absolute Gasteiger partial charge is 0.328 e. The number of hydrogen-bond donors (Lipinski definition) is 2. The average Bonchev–Trinajstić information content (AvgIpc) is 1.82. The molecule has 0 unspecified atom stereocenters. The SMILES string of the molecule is CC(/C=C/C(=O)O)=C\C(=O)O. The van der Waals surface area contributed by atoms with Crippen molar-refractivity contribution in [2.45, 2.75) is 6.92 Å². The monoisotopic (exact) mass is 156 g/mol. The highest BCUT2D eigenvalue weighted by molar-refractivity contribution is 5.83. The summed E-state index contributed by atoms with van der Waals surface area (Å²) in [5.74, 6) is -2.18. The summed E-state index contributed by atoms with van der Waals surface area (Å²) < 4.78 is 0. The van der Waals surface area contributed by atoms with Crippen molar-refractivity contribution in [1.29, 1.82) is 0 Å². The van der Waals surface area contributed by atoms with Crippen LogP contribution in [0.3, 0.4) is 0 Å². The van der Waals surface area contributed by atoms with Crippen LogP contribution in [0.25, 0.3) is 0 Å². The highest BCUT2D eigenvalue weighted by Gasteiger charge is 1.90. The molecule has 0 aromatic heterocycles. The van der Waals surface area contributed by atoms with E-state index in [1.807, 2.05) is 0 Å². The van der Waals surface area contributed by atoms with E-state index in [1.165, 1.54) is 13.0 Å². The summed E-state index contributed by atoms with van der Waals surface area (Å²) in [7, 11) is 0. The zero-order valence-electron chi connectivity index (χ0n) is 5.94. The van der Waals surface area contributed by atoms with Crippen molar-refractivity contribution in [2.75, 3.05) is 0 Å². The average molecular weight is 156 g/mol. The fraction of sp³-hybridized carbons (Fsp3) is 0.143. The van der Waals surface area contributed by atoms with Gasteiger partial charge in [-0.05, 0) is 12.5 Å². The van der Waals surface area contributed by atoms with Gasteiger partial charge in [-0.2, -0.15) is 0 Å². The number of carboxylic acids is 2. The molecule has 0 heterocycles. The fourth-order valence-corrected chi connectivity index (χ4v) is 0.446. The normalized spacial score (nSPS) is 11.9. The van der Waals surface area contributed by atoms with Crippen molar-refractivity contribution in [3.8, 4) is 0 Å². The molecule has 4 nitrogen and oxygen atoms in total. The second kappa shape index (κ2) is 4.27. The Labute approximate surface area is 63.5 Å². The molecule has 0 saturated heterocycles. The van der Waals surface area contributed by atoms with Crippen LogP contribution in [0.1, 0.15) is 6.92 Å². The summed E-state index contributed by atoms with van der Waals surface area (Å²) in [6.07, 6.45) is 3.03. The molecule has 0 saturated carbocycles. The molecule has 0 spiro atoms. The van der Waals surface area contributed by atoms with E-state index in [0.717, 1.165) is 12.2 Å². The zero-order valence-corrected chi connectivity index (χ0v) is 5.94. The van der Waals surface area contributed by atoms with Crippen LogP contribution in [-0.2, 0) is 9.59 Å². The van der Waals surface area contributed by atoms with E-state index in [4.69, 9.17) is 10.2 Å². The quantitative estimate of drug-likeness (QED) is 0.465. The van der Waals surface area contributed by atoms with E-state index in [2.05, 4.69) is 0 Å². The predicted octanol–water partition coefficient (Wildman–Crippen LogP) is 0.658. The summed E-state index contributed by atoms with van der Waals surface area (Å²) in [6.45, 7) is 1.51. The standard InChI is InChI=1S/C7H8O4/c1-5(4-7(10)11)2-3-6(8)9/h2-4H,1H3,(H,8,9)(H,10,11)/b3-2+,5-4+. The van der Waals surface area contributed by atoms with E-state index in [1.54, 1.807) is 0 Å². The fourth-order valence-electron chi connectivity index (χ4n) is 0.446. The first kappa shape index (κ1) is 9.42. The summed E-state index contributed by atoms with van der Waals surface area (Å²) in [6, 6.07) is 0. The van der Waals surface area contributed by atoms with Gasteiger partial charge >= 0.3 is 11.9 Å². The van der Waals surface area contributed by atoms with Crippen LogP contribution in [0, 0.1) is 0 Å². The van der Waals surface area contributed by atoms with E-state index >= 15 is 0 Å². The first-order chi connectivity index (χ1) is 5.02. The van der Waals surface area contributed by atoms with Crippen LogP contribution >= 0.6 is 0 Å². The lowest BCUT2D eigenvalue weighted by Gasteiger charge is -1.85. The maximum Gasteiger partial charge on any atom is 0.328 e. The maximum atomic E-state index is 10.00. The number of carboxylic acid groups (broad SMARTS) is 2. The van der Waals surface area contributed by atoms with Gasteiger partial charge in [0.25, 0.3) is 0 Å². The first-order valence-electron chi connectivity index (χ1n) is 2.84. The van der Waals surface area contributed by atoms with Gasteiger partial charge in [0.2, 0.25) is 0 Å². The van der Waals surface area contributed by atoms with Crippen molar-refractivity contribution >= 4 is 11.9 Å². The van der Waals surface area contributed by atoms with E-state index < -0.39 is 11.9 Å². The molecule has 0 bridgehead atoms. The van der Waals surface area contributed by atoms with Gasteiger partial charge in [-0.3, -0.25) is 0 Å². The van der Waals surface area contributed by atoms with Crippen molar-refractivity contribution in [3.63, 3.8) is 0 Å². The van der Waals surface area contributed by atoms with E-state index in [-0.39, 0.29) is 0 Å². The summed E-state index contributed by atoms with van der Waals surface area (Å²) in [4.78, 5) is 19.9. The minimum Gasteiger partial charge on any atom is -0.478 e. The molecule has 0 aromatic carbocycles. The topological polar surface area (TPSA) is 74.6 Å². The highest BCUT2D eigenvalue weighted by Crippen LogP contribution is 1.93. The van der Waals surface area contributed by atoms with Crippen LogP contribution in [0.2, 0.25) is 0 Å². The van der Waals surface area contributed by atoms with Crippen LogP contribution in [0.15, 0.2) is 23.8 Å². The molecule has 2 N–H and O–H groups in total. The molecular formula is C7H8O4. The third-order valence-electron chi connectivity index (χ3n) is 0.840. The molecule has 0 atom stereocenters. The minimum absolute atomic E-state index is 0.389. The van der Waals surface area contributed by atoms with E-state index in [9.17, 15) is 9.59 Å². The molecule has 0 aliphatic carbocycles. The Morgan fingerprint density at radius 2 is 1.64 bits per heavy atom. The summed E-state index contributed by atoms with van der Waals surface area (Å²) in [5, 5.41) is 16.3. The van der Waals surface area contributed by atoms with Crippen molar-refractivity contribution < 1.29 is 19.8 Å². The van der Waals surface area contributed by atoms with Gasteiger partial charge in [-0.15, -0.1) is 0 Å². The Hall–Kier alpha value is -1.58. The maximum absolute atomic E-state index is 10.00. The Balaban J connectivity index is 4.17. The van der Waals surface area contributed by atoms with Gasteiger partial charge < -0.3 is 10.2 Å². The van der Waals surface area contributed by atoms with Crippen LogP contribution in [-0.4, -0.2) is 22.2 Å². The largest absolute Gasteiger partial charge is 0.478 e. The number of rotatable bonds is 3. The van der Waals surface area contributed by atoms with E-state index in [0.29, 0.717) is 5.57 Å². The van der Waals surface area contributed by atoms with Gasteiger partial charge in [0.15, 0.2) is 0 Å². The minimum atomic E-state index is -1.09. The van der Waals surface area contributed by atoms with Gasteiger partial charge in [0.1, 0.15) is 0 Å². The van der Waals surface area contributed by atoms with Gasteiger partial charge in [0, 0.05) is 12.2 Å². The lowest BCUT2D eigenvalue weighted by molar-refractivity contribution is -0.132. The number of carbonyl (C=O) groups is 2. The second-order valence-electron chi connectivity index (χ2n) is 1.90.